The van der Waals surface area contributed by atoms with Crippen LogP contribution in [0, 0.1) is 0 Å². The van der Waals surface area contributed by atoms with Gasteiger partial charge in [-0.25, -0.2) is 0 Å². The highest BCUT2D eigenvalue weighted by molar-refractivity contribution is 5.45. The number of fused-ring (bicyclic) bond motifs is 1. The van der Waals surface area contributed by atoms with Gasteiger partial charge in [0, 0.05) is 12.6 Å². The Morgan fingerprint density at radius 2 is 2.24 bits per heavy atom. The average Bonchev–Trinajstić information content (AvgIpc) is 2.74. The van der Waals surface area contributed by atoms with Crippen LogP contribution in [-0.4, -0.2) is 19.3 Å². The molecule has 2 atom stereocenters. The number of hydrogen-bond acceptors (Lipinski definition) is 3. The molecular formula is C14H19NO2. The van der Waals surface area contributed by atoms with Crippen LogP contribution < -0.4 is 10.5 Å². The quantitative estimate of drug-likeness (QED) is 0.851. The molecule has 2 unspecified atom stereocenters. The summed E-state index contributed by atoms with van der Waals surface area (Å²) in [6.07, 6.45) is 4.48. The Morgan fingerprint density at radius 3 is 3.06 bits per heavy atom. The van der Waals surface area contributed by atoms with Gasteiger partial charge < -0.3 is 15.2 Å². The molecular weight excluding hydrogens is 214 g/mol. The predicted molar refractivity (Wildman–Crippen MR) is 66.2 cm³/mol. The minimum atomic E-state index is 0.191. The summed E-state index contributed by atoms with van der Waals surface area (Å²) in [5.74, 6) is 1.02. The van der Waals surface area contributed by atoms with Crippen molar-refractivity contribution in [3.8, 4) is 5.75 Å². The molecule has 0 saturated carbocycles. The fourth-order valence-corrected chi connectivity index (χ4v) is 2.75. The maximum atomic E-state index is 6.07. The fourth-order valence-electron chi connectivity index (χ4n) is 2.75. The Kier molecular flexibility index (Phi) is 3.04. The molecule has 2 aliphatic rings. The van der Waals surface area contributed by atoms with Gasteiger partial charge in [0.25, 0.3) is 0 Å². The Balaban J connectivity index is 1.79. The van der Waals surface area contributed by atoms with Crippen molar-refractivity contribution in [1.82, 2.24) is 0 Å². The van der Waals surface area contributed by atoms with Gasteiger partial charge in [0.05, 0.1) is 6.61 Å². The Morgan fingerprint density at radius 1 is 1.29 bits per heavy atom. The lowest BCUT2D eigenvalue weighted by Crippen LogP contribution is -2.28. The highest BCUT2D eigenvalue weighted by atomic mass is 16.5. The zero-order chi connectivity index (χ0) is 11.7. The van der Waals surface area contributed by atoms with E-state index in [0.717, 1.165) is 44.6 Å². The molecule has 3 heteroatoms. The molecule has 0 bridgehead atoms. The normalized spacial score (nSPS) is 27.8. The maximum Gasteiger partial charge on any atom is 0.123 e. The third-order valence-corrected chi connectivity index (χ3v) is 3.69. The Bertz CT molecular complexity index is 399. The average molecular weight is 233 g/mol. The summed E-state index contributed by atoms with van der Waals surface area (Å²) in [4.78, 5) is 0. The molecule has 1 aliphatic heterocycles. The van der Waals surface area contributed by atoms with E-state index in [9.17, 15) is 0 Å². The SMILES string of the molecule is NC1CCc2c(OC3CCCOC3)cccc21. The van der Waals surface area contributed by atoms with Crippen molar-refractivity contribution in [3.63, 3.8) is 0 Å². The van der Waals surface area contributed by atoms with Gasteiger partial charge in [-0.15, -0.1) is 0 Å². The van der Waals surface area contributed by atoms with E-state index >= 15 is 0 Å². The molecule has 0 spiro atoms. The molecule has 0 aromatic heterocycles. The van der Waals surface area contributed by atoms with Crippen molar-refractivity contribution >= 4 is 0 Å². The summed E-state index contributed by atoms with van der Waals surface area (Å²) in [5, 5.41) is 0. The van der Waals surface area contributed by atoms with Crippen molar-refractivity contribution in [2.75, 3.05) is 13.2 Å². The van der Waals surface area contributed by atoms with Gasteiger partial charge in [0.2, 0.25) is 0 Å². The molecule has 3 rings (SSSR count). The van der Waals surface area contributed by atoms with E-state index in [4.69, 9.17) is 15.2 Å². The fraction of sp³-hybridized carbons (Fsp3) is 0.571. The van der Waals surface area contributed by atoms with Crippen LogP contribution in [0.2, 0.25) is 0 Å². The summed E-state index contributed by atoms with van der Waals surface area (Å²) in [5.41, 5.74) is 8.64. The molecule has 1 fully saturated rings. The largest absolute Gasteiger partial charge is 0.488 e. The molecule has 92 valence electrons. The van der Waals surface area contributed by atoms with Crippen LogP contribution in [0.3, 0.4) is 0 Å². The topological polar surface area (TPSA) is 44.5 Å². The van der Waals surface area contributed by atoms with Crippen LogP contribution in [-0.2, 0) is 11.2 Å². The molecule has 1 aromatic carbocycles. The molecule has 1 saturated heterocycles. The Labute approximate surface area is 102 Å². The van der Waals surface area contributed by atoms with Crippen LogP contribution in [0.4, 0.5) is 0 Å². The van der Waals surface area contributed by atoms with Gasteiger partial charge >= 0.3 is 0 Å². The summed E-state index contributed by atoms with van der Waals surface area (Å²) >= 11 is 0. The second-order valence-electron chi connectivity index (χ2n) is 4.93. The van der Waals surface area contributed by atoms with Gasteiger partial charge in [0.1, 0.15) is 11.9 Å². The van der Waals surface area contributed by atoms with Gasteiger partial charge in [-0.05, 0) is 42.9 Å². The summed E-state index contributed by atoms with van der Waals surface area (Å²) < 4.78 is 11.5. The molecule has 2 N–H and O–H groups in total. The third kappa shape index (κ3) is 2.17. The zero-order valence-corrected chi connectivity index (χ0v) is 10.0. The molecule has 0 radical (unpaired) electrons. The minimum absolute atomic E-state index is 0.191. The standard InChI is InChI=1S/C14H19NO2/c15-13-7-6-12-11(13)4-1-5-14(12)17-10-3-2-8-16-9-10/h1,4-5,10,13H,2-3,6-9,15H2. The van der Waals surface area contributed by atoms with Crippen LogP contribution in [0.15, 0.2) is 18.2 Å². The molecule has 1 aliphatic carbocycles. The van der Waals surface area contributed by atoms with E-state index in [1.54, 1.807) is 0 Å². The first-order valence-corrected chi connectivity index (χ1v) is 6.46. The highest BCUT2D eigenvalue weighted by Gasteiger charge is 2.24. The lowest BCUT2D eigenvalue weighted by molar-refractivity contribution is 0.00707. The van der Waals surface area contributed by atoms with Gasteiger partial charge in [-0.1, -0.05) is 12.1 Å². The maximum absolute atomic E-state index is 6.07. The Hall–Kier alpha value is -1.06. The van der Waals surface area contributed by atoms with E-state index < -0.39 is 0 Å². The number of rotatable bonds is 2. The first-order valence-electron chi connectivity index (χ1n) is 6.46. The molecule has 0 amide bonds. The minimum Gasteiger partial charge on any atom is -0.488 e. The summed E-state index contributed by atoms with van der Waals surface area (Å²) in [7, 11) is 0. The number of ether oxygens (including phenoxy) is 2. The smallest absolute Gasteiger partial charge is 0.123 e. The first-order chi connectivity index (χ1) is 8.34. The van der Waals surface area contributed by atoms with Crippen molar-refractivity contribution in [3.05, 3.63) is 29.3 Å². The van der Waals surface area contributed by atoms with Crippen LogP contribution in [0.5, 0.6) is 5.75 Å². The summed E-state index contributed by atoms with van der Waals surface area (Å²) in [6, 6.07) is 6.42. The van der Waals surface area contributed by atoms with E-state index in [0.29, 0.717) is 0 Å². The molecule has 1 aromatic rings. The number of benzene rings is 1. The molecule has 1 heterocycles. The predicted octanol–water partition coefficient (Wildman–Crippen LogP) is 2.19. The van der Waals surface area contributed by atoms with Gasteiger partial charge in [-0.3, -0.25) is 0 Å². The highest BCUT2D eigenvalue weighted by Crippen LogP contribution is 2.36. The second kappa shape index (κ2) is 4.67. The number of nitrogens with two attached hydrogens (primary N) is 1. The zero-order valence-electron chi connectivity index (χ0n) is 10.0. The lowest BCUT2D eigenvalue weighted by Gasteiger charge is -2.24. The van der Waals surface area contributed by atoms with E-state index in [1.165, 1.54) is 11.1 Å². The molecule has 3 nitrogen and oxygen atoms in total. The van der Waals surface area contributed by atoms with Gasteiger partial charge in [-0.2, -0.15) is 0 Å². The lowest BCUT2D eigenvalue weighted by atomic mass is 10.1. The summed E-state index contributed by atoms with van der Waals surface area (Å²) in [6.45, 7) is 1.59. The van der Waals surface area contributed by atoms with Crippen LogP contribution in [0.25, 0.3) is 0 Å². The van der Waals surface area contributed by atoms with Crippen molar-refractivity contribution in [2.45, 2.75) is 37.8 Å². The van der Waals surface area contributed by atoms with E-state index in [2.05, 4.69) is 12.1 Å². The van der Waals surface area contributed by atoms with Crippen molar-refractivity contribution < 1.29 is 9.47 Å². The van der Waals surface area contributed by atoms with Crippen LogP contribution >= 0.6 is 0 Å². The first kappa shape index (κ1) is 11.1. The van der Waals surface area contributed by atoms with Gasteiger partial charge in [0.15, 0.2) is 0 Å². The monoisotopic (exact) mass is 233 g/mol. The third-order valence-electron chi connectivity index (χ3n) is 3.69. The van der Waals surface area contributed by atoms with Crippen molar-refractivity contribution in [2.24, 2.45) is 5.73 Å². The van der Waals surface area contributed by atoms with Crippen LogP contribution in [0.1, 0.15) is 36.4 Å². The van der Waals surface area contributed by atoms with Crippen molar-refractivity contribution in [1.29, 1.82) is 0 Å². The number of hydrogen-bond donors (Lipinski definition) is 1. The second-order valence-corrected chi connectivity index (χ2v) is 4.93. The molecule has 17 heavy (non-hydrogen) atoms. The van der Waals surface area contributed by atoms with E-state index in [1.807, 2.05) is 6.07 Å². The van der Waals surface area contributed by atoms with E-state index in [-0.39, 0.29) is 12.1 Å².